The zero-order valence-corrected chi connectivity index (χ0v) is 12.3. The van der Waals surface area contributed by atoms with Gasteiger partial charge < -0.3 is 0 Å². The molecule has 0 amide bonds. The van der Waals surface area contributed by atoms with E-state index in [1.54, 1.807) is 0 Å². The molecule has 0 saturated heterocycles. The Balaban J connectivity index is 2.17. The van der Waals surface area contributed by atoms with Gasteiger partial charge in [-0.05, 0) is 37.3 Å². The van der Waals surface area contributed by atoms with Crippen molar-refractivity contribution in [3.8, 4) is 0 Å². The molecule has 1 heteroatoms. The third-order valence-electron chi connectivity index (χ3n) is 3.27. The number of rotatable bonds is 3. The molecule has 0 heterocycles. The van der Waals surface area contributed by atoms with Gasteiger partial charge in [-0.3, -0.25) is 0 Å². The van der Waals surface area contributed by atoms with E-state index >= 15 is 0 Å². The lowest BCUT2D eigenvalue weighted by Crippen LogP contribution is -2.06. The lowest BCUT2D eigenvalue weighted by molar-refractivity contribution is 1.25. The number of hydrogen-bond donors (Lipinski definition) is 0. The summed E-state index contributed by atoms with van der Waals surface area (Å²) in [6.45, 7) is 2.20. The van der Waals surface area contributed by atoms with Gasteiger partial charge in [-0.1, -0.05) is 54.6 Å². The third kappa shape index (κ3) is 2.63. The highest BCUT2D eigenvalue weighted by molar-refractivity contribution is 7.97. The van der Waals surface area contributed by atoms with Gasteiger partial charge in [0.15, 0.2) is 14.7 Å². The Bertz CT molecular complexity index is 635. The van der Waals surface area contributed by atoms with Crippen molar-refractivity contribution in [2.45, 2.75) is 21.6 Å². The minimum atomic E-state index is -0.0262. The van der Waals surface area contributed by atoms with Crippen LogP contribution in [-0.4, -0.2) is 0 Å². The molecule has 3 aromatic carbocycles. The van der Waals surface area contributed by atoms with Crippen molar-refractivity contribution in [2.24, 2.45) is 0 Å². The normalized spacial score (nSPS) is 10.7. The molecule has 0 fully saturated rings. The van der Waals surface area contributed by atoms with Crippen LogP contribution >= 0.6 is 0 Å². The fraction of sp³-hybridized carbons (Fsp3) is 0.0526. The van der Waals surface area contributed by atoms with Crippen molar-refractivity contribution in [2.75, 3.05) is 0 Å². The summed E-state index contributed by atoms with van der Waals surface area (Å²) >= 11 is 0. The molecule has 0 nitrogen and oxygen atoms in total. The van der Waals surface area contributed by atoms with Gasteiger partial charge >= 0.3 is 0 Å². The fourth-order valence-corrected chi connectivity index (χ4v) is 4.53. The largest absolute Gasteiger partial charge is 0.169 e. The summed E-state index contributed by atoms with van der Waals surface area (Å²) in [7, 11) is -0.0262. The van der Waals surface area contributed by atoms with E-state index in [2.05, 4.69) is 91.9 Å². The van der Waals surface area contributed by atoms with E-state index in [1.165, 1.54) is 20.2 Å². The van der Waals surface area contributed by atoms with Crippen molar-refractivity contribution >= 4 is 10.9 Å². The predicted octanol–water partition coefficient (Wildman–Crippen LogP) is 5.09. The van der Waals surface area contributed by atoms with E-state index in [4.69, 9.17) is 0 Å². The number of benzene rings is 3. The monoisotopic (exact) mass is 277 g/mol. The van der Waals surface area contributed by atoms with E-state index in [1.807, 2.05) is 0 Å². The summed E-state index contributed by atoms with van der Waals surface area (Å²) in [5.41, 5.74) is 1.35. The van der Waals surface area contributed by atoms with Crippen molar-refractivity contribution in [3.63, 3.8) is 0 Å². The van der Waals surface area contributed by atoms with E-state index < -0.39 is 0 Å². The molecule has 0 saturated carbocycles. The molecule has 3 aromatic rings. The van der Waals surface area contributed by atoms with Gasteiger partial charge in [0.05, 0.1) is 10.9 Å². The highest BCUT2D eigenvalue weighted by Gasteiger charge is 2.29. The summed E-state index contributed by atoms with van der Waals surface area (Å²) in [6.07, 6.45) is 0. The van der Waals surface area contributed by atoms with Gasteiger partial charge in [-0.15, -0.1) is 0 Å². The Labute approximate surface area is 123 Å². The maximum Gasteiger partial charge on any atom is 0.169 e. The maximum absolute atomic E-state index is 2.25. The summed E-state index contributed by atoms with van der Waals surface area (Å²) in [4.78, 5) is 4.14. The van der Waals surface area contributed by atoms with Crippen molar-refractivity contribution in [1.82, 2.24) is 0 Å². The number of hydrogen-bond acceptors (Lipinski definition) is 0. The van der Waals surface area contributed by atoms with Gasteiger partial charge in [-0.2, -0.15) is 0 Å². The quantitative estimate of drug-likeness (QED) is 0.585. The molecule has 0 radical (unpaired) electrons. The van der Waals surface area contributed by atoms with Crippen molar-refractivity contribution in [1.29, 1.82) is 0 Å². The second-order valence-corrected chi connectivity index (χ2v) is 6.69. The second-order valence-electron chi connectivity index (χ2n) is 4.70. The Kier molecular flexibility index (Phi) is 3.89. The Morgan fingerprint density at radius 2 is 1.00 bits per heavy atom. The van der Waals surface area contributed by atoms with Gasteiger partial charge in [0.1, 0.15) is 0 Å². The first-order valence-electron chi connectivity index (χ1n) is 6.76. The maximum atomic E-state index is 2.25. The standard InChI is InChI=1S/C19H17S/c1-16-10-8-9-15-19(16)20(17-11-4-2-5-12-17)18-13-6-3-7-14-18/h2-15H,1H3/q+1. The van der Waals surface area contributed by atoms with E-state index in [0.29, 0.717) is 0 Å². The summed E-state index contributed by atoms with van der Waals surface area (Å²) in [6, 6.07) is 30.2. The molecular formula is C19H17S+. The van der Waals surface area contributed by atoms with Crippen molar-refractivity contribution < 1.29 is 0 Å². The minimum absolute atomic E-state index is 0.0262. The van der Waals surface area contributed by atoms with Crippen LogP contribution in [0.2, 0.25) is 0 Å². The molecule has 0 aliphatic carbocycles. The van der Waals surface area contributed by atoms with Gasteiger partial charge in [0.2, 0.25) is 0 Å². The van der Waals surface area contributed by atoms with Gasteiger partial charge in [0, 0.05) is 5.56 Å². The van der Waals surface area contributed by atoms with Crippen molar-refractivity contribution in [3.05, 3.63) is 90.5 Å². The average molecular weight is 277 g/mol. The number of aryl methyl sites for hydroxylation is 1. The topological polar surface area (TPSA) is 0 Å². The zero-order valence-electron chi connectivity index (χ0n) is 11.5. The average Bonchev–Trinajstić information content (AvgIpc) is 2.52. The molecular weight excluding hydrogens is 260 g/mol. The molecule has 0 unspecified atom stereocenters. The van der Waals surface area contributed by atoms with Crippen LogP contribution in [0.5, 0.6) is 0 Å². The predicted molar refractivity (Wildman–Crippen MR) is 86.2 cm³/mol. The molecule has 0 atom stereocenters. The first-order chi connectivity index (χ1) is 9.86. The molecule has 0 aliphatic rings. The molecule has 0 aromatic heterocycles. The molecule has 0 aliphatic heterocycles. The van der Waals surface area contributed by atoms with Crippen LogP contribution in [0, 0.1) is 6.92 Å². The van der Waals surface area contributed by atoms with Gasteiger partial charge in [-0.25, -0.2) is 0 Å². The molecule has 3 rings (SSSR count). The van der Waals surface area contributed by atoms with E-state index in [9.17, 15) is 0 Å². The molecule has 0 N–H and O–H groups in total. The summed E-state index contributed by atoms with van der Waals surface area (Å²) in [5, 5.41) is 0. The highest BCUT2D eigenvalue weighted by atomic mass is 32.2. The molecule has 20 heavy (non-hydrogen) atoms. The van der Waals surface area contributed by atoms with Crippen LogP contribution < -0.4 is 0 Å². The fourth-order valence-electron chi connectivity index (χ4n) is 2.29. The van der Waals surface area contributed by atoms with E-state index in [0.717, 1.165) is 0 Å². The Hall–Kier alpha value is -1.99. The summed E-state index contributed by atoms with van der Waals surface area (Å²) in [5.74, 6) is 0. The zero-order chi connectivity index (χ0) is 13.8. The lowest BCUT2D eigenvalue weighted by Gasteiger charge is -2.09. The summed E-state index contributed by atoms with van der Waals surface area (Å²) < 4.78 is 0. The molecule has 0 bridgehead atoms. The van der Waals surface area contributed by atoms with Crippen LogP contribution in [0.15, 0.2) is 99.6 Å². The lowest BCUT2D eigenvalue weighted by atomic mass is 10.2. The van der Waals surface area contributed by atoms with Gasteiger partial charge in [0.25, 0.3) is 0 Å². The van der Waals surface area contributed by atoms with Crippen LogP contribution in [0.3, 0.4) is 0 Å². The second kappa shape index (κ2) is 5.98. The van der Waals surface area contributed by atoms with E-state index in [-0.39, 0.29) is 10.9 Å². The SMILES string of the molecule is Cc1ccccc1[S+](c1ccccc1)c1ccccc1. The Morgan fingerprint density at radius 3 is 1.50 bits per heavy atom. The third-order valence-corrected chi connectivity index (χ3v) is 5.66. The van der Waals surface area contributed by atoms with Crippen LogP contribution in [0.4, 0.5) is 0 Å². The smallest absolute Gasteiger partial charge is 0.0619 e. The minimum Gasteiger partial charge on any atom is -0.0619 e. The molecule has 0 spiro atoms. The Morgan fingerprint density at radius 1 is 0.550 bits per heavy atom. The molecule has 98 valence electrons. The first-order valence-corrected chi connectivity index (χ1v) is 7.99. The van der Waals surface area contributed by atoms with Crippen LogP contribution in [0.1, 0.15) is 5.56 Å². The first kappa shape index (κ1) is 13.0. The van der Waals surface area contributed by atoms with Crippen LogP contribution in [0.25, 0.3) is 0 Å². The highest BCUT2D eigenvalue weighted by Crippen LogP contribution is 2.32. The van der Waals surface area contributed by atoms with Crippen LogP contribution in [-0.2, 0) is 10.9 Å².